The van der Waals surface area contributed by atoms with Crippen LogP contribution in [0.1, 0.15) is 49.4 Å². The average Bonchev–Trinajstić information content (AvgIpc) is 2.83. The fourth-order valence-corrected chi connectivity index (χ4v) is 4.29. The quantitative estimate of drug-likeness (QED) is 0.589. The Bertz CT molecular complexity index is 1210. The fourth-order valence-electron chi connectivity index (χ4n) is 4.29. The van der Waals surface area contributed by atoms with E-state index >= 15 is 0 Å². The van der Waals surface area contributed by atoms with Crippen molar-refractivity contribution >= 4 is 28.5 Å². The summed E-state index contributed by atoms with van der Waals surface area (Å²) in [5.74, 6) is 0.850. The normalized spacial score (nSPS) is 15.7. The van der Waals surface area contributed by atoms with Gasteiger partial charge in [-0.3, -0.25) is 14.5 Å². The molecule has 0 aliphatic carbocycles. The summed E-state index contributed by atoms with van der Waals surface area (Å²) in [6, 6.07) is 14.7. The third kappa shape index (κ3) is 5.77. The maximum Gasteiger partial charge on any atom is 0.251 e. The van der Waals surface area contributed by atoms with Crippen LogP contribution in [-0.2, 0) is 16.8 Å². The minimum atomic E-state index is -0.597. The molecule has 8 nitrogen and oxygen atoms in total. The molecule has 2 heterocycles. The molecular weight excluding hydrogens is 440 g/mol. The first-order valence-electron chi connectivity index (χ1n) is 12.1. The highest BCUT2D eigenvalue weighted by molar-refractivity contribution is 5.97. The van der Waals surface area contributed by atoms with Crippen LogP contribution < -0.4 is 11.1 Å². The Hall–Kier alpha value is -3.52. The van der Waals surface area contributed by atoms with Gasteiger partial charge in [0.15, 0.2) is 0 Å². The van der Waals surface area contributed by atoms with Crippen LogP contribution in [0.2, 0.25) is 0 Å². The van der Waals surface area contributed by atoms with E-state index in [0.29, 0.717) is 49.9 Å². The zero-order chi connectivity index (χ0) is 25.2. The number of para-hydroxylation sites is 1. The van der Waals surface area contributed by atoms with Gasteiger partial charge in [-0.1, -0.05) is 45.0 Å². The number of piperazine rings is 1. The highest BCUT2D eigenvalue weighted by Gasteiger charge is 2.26. The number of amides is 2. The second-order valence-corrected chi connectivity index (χ2v) is 10.2. The molecule has 0 bridgehead atoms. The third-order valence-electron chi connectivity index (χ3n) is 6.46. The second-order valence-electron chi connectivity index (χ2n) is 10.2. The van der Waals surface area contributed by atoms with Crippen molar-refractivity contribution in [2.75, 3.05) is 31.9 Å². The molecule has 3 N–H and O–H groups in total. The smallest absolute Gasteiger partial charge is 0.251 e. The summed E-state index contributed by atoms with van der Waals surface area (Å²) in [5.41, 5.74) is 8.68. The molecule has 3 aromatic rings. The molecule has 35 heavy (non-hydrogen) atoms. The molecule has 8 heteroatoms. The number of carbonyl (C=O) groups is 2. The lowest BCUT2D eigenvalue weighted by Crippen LogP contribution is -2.54. The number of nitrogens with zero attached hydrogens (tertiary/aromatic N) is 4. The number of benzene rings is 2. The van der Waals surface area contributed by atoms with Crippen LogP contribution >= 0.6 is 0 Å². The standard InChI is InChI=1S/C27H34N6O2/c1-18(29-25(34)19-9-11-20(12-10-19)27(2,3)4)26(35)33-15-13-32(14-16-33)17-23-30-22-8-6-5-7-21(22)24(28)31-23/h5-12,18H,13-17H2,1-4H3,(H,29,34)(H2,28,30,31)/t18-/m1/s1. The Labute approximate surface area is 206 Å². The Morgan fingerprint density at radius 2 is 1.66 bits per heavy atom. The van der Waals surface area contributed by atoms with Crippen LogP contribution in [0, 0.1) is 0 Å². The van der Waals surface area contributed by atoms with E-state index in [-0.39, 0.29) is 17.2 Å². The van der Waals surface area contributed by atoms with Crippen molar-refractivity contribution in [1.82, 2.24) is 25.1 Å². The predicted molar refractivity (Wildman–Crippen MR) is 138 cm³/mol. The van der Waals surface area contributed by atoms with E-state index in [2.05, 4.69) is 41.0 Å². The lowest BCUT2D eigenvalue weighted by atomic mass is 9.86. The first-order valence-corrected chi connectivity index (χ1v) is 12.1. The monoisotopic (exact) mass is 474 g/mol. The number of aromatic nitrogens is 2. The summed E-state index contributed by atoms with van der Waals surface area (Å²) in [5, 5.41) is 3.70. The van der Waals surface area contributed by atoms with E-state index in [1.54, 1.807) is 11.8 Å². The largest absolute Gasteiger partial charge is 0.383 e. The van der Waals surface area contributed by atoms with Gasteiger partial charge in [0.2, 0.25) is 5.91 Å². The van der Waals surface area contributed by atoms with Crippen molar-refractivity contribution < 1.29 is 9.59 Å². The maximum atomic E-state index is 13.0. The molecule has 1 fully saturated rings. The molecule has 184 valence electrons. The summed E-state index contributed by atoms with van der Waals surface area (Å²) in [7, 11) is 0. The van der Waals surface area contributed by atoms with Crippen LogP contribution in [0.4, 0.5) is 5.82 Å². The minimum absolute atomic E-state index is 0.0213. The first kappa shape index (κ1) is 24.6. The van der Waals surface area contributed by atoms with Crippen LogP contribution in [0.3, 0.4) is 0 Å². The lowest BCUT2D eigenvalue weighted by Gasteiger charge is -2.35. The van der Waals surface area contributed by atoms with Crippen molar-refractivity contribution in [2.45, 2.75) is 45.7 Å². The second kappa shape index (κ2) is 10.00. The zero-order valence-electron chi connectivity index (χ0n) is 20.9. The molecule has 1 saturated heterocycles. The SMILES string of the molecule is C[C@@H](NC(=O)c1ccc(C(C)(C)C)cc1)C(=O)N1CCN(Cc2nc(N)c3ccccc3n2)CC1. The highest BCUT2D eigenvalue weighted by atomic mass is 16.2. The molecule has 4 rings (SSSR count). The van der Waals surface area contributed by atoms with Gasteiger partial charge < -0.3 is 16.0 Å². The summed E-state index contributed by atoms with van der Waals surface area (Å²) in [6.45, 7) is 11.3. The molecule has 2 aromatic carbocycles. The van der Waals surface area contributed by atoms with Crippen molar-refractivity contribution in [2.24, 2.45) is 0 Å². The van der Waals surface area contributed by atoms with Crippen molar-refractivity contribution in [3.05, 3.63) is 65.5 Å². The molecule has 1 aromatic heterocycles. The van der Waals surface area contributed by atoms with Crippen LogP contribution in [0.5, 0.6) is 0 Å². The van der Waals surface area contributed by atoms with Gasteiger partial charge in [-0.15, -0.1) is 0 Å². The molecule has 1 aliphatic rings. The average molecular weight is 475 g/mol. The molecular formula is C27H34N6O2. The zero-order valence-corrected chi connectivity index (χ0v) is 20.9. The van der Waals surface area contributed by atoms with E-state index in [9.17, 15) is 9.59 Å². The highest BCUT2D eigenvalue weighted by Crippen LogP contribution is 2.22. The van der Waals surface area contributed by atoms with E-state index in [1.165, 1.54) is 0 Å². The Morgan fingerprint density at radius 3 is 2.31 bits per heavy atom. The number of anilines is 1. The number of fused-ring (bicyclic) bond motifs is 1. The number of hydrogen-bond donors (Lipinski definition) is 2. The van der Waals surface area contributed by atoms with Crippen molar-refractivity contribution in [3.8, 4) is 0 Å². The van der Waals surface area contributed by atoms with E-state index in [0.717, 1.165) is 16.5 Å². The molecule has 0 radical (unpaired) electrons. The predicted octanol–water partition coefficient (Wildman–Crippen LogP) is 2.97. The number of hydrogen-bond acceptors (Lipinski definition) is 6. The van der Waals surface area contributed by atoms with Gasteiger partial charge in [-0.2, -0.15) is 0 Å². The van der Waals surface area contributed by atoms with Crippen LogP contribution in [0.25, 0.3) is 10.9 Å². The van der Waals surface area contributed by atoms with Crippen LogP contribution in [0.15, 0.2) is 48.5 Å². The third-order valence-corrected chi connectivity index (χ3v) is 6.46. The lowest BCUT2D eigenvalue weighted by molar-refractivity contribution is -0.134. The fraction of sp³-hybridized carbons (Fsp3) is 0.407. The van der Waals surface area contributed by atoms with Gasteiger partial charge in [-0.05, 0) is 42.2 Å². The van der Waals surface area contributed by atoms with E-state index in [4.69, 9.17) is 5.73 Å². The molecule has 1 aliphatic heterocycles. The number of nitrogen functional groups attached to an aromatic ring is 1. The number of carbonyl (C=O) groups excluding carboxylic acids is 2. The number of nitrogens with one attached hydrogen (secondary N) is 1. The number of rotatable bonds is 5. The van der Waals surface area contributed by atoms with Gasteiger partial charge >= 0.3 is 0 Å². The summed E-state index contributed by atoms with van der Waals surface area (Å²) in [6.07, 6.45) is 0. The topological polar surface area (TPSA) is 104 Å². The molecule has 0 spiro atoms. The summed E-state index contributed by atoms with van der Waals surface area (Å²) >= 11 is 0. The van der Waals surface area contributed by atoms with Crippen LogP contribution in [-0.4, -0.2) is 63.8 Å². The van der Waals surface area contributed by atoms with E-state index in [1.807, 2.05) is 48.5 Å². The Morgan fingerprint density at radius 1 is 1.00 bits per heavy atom. The molecule has 0 unspecified atom stereocenters. The van der Waals surface area contributed by atoms with Gasteiger partial charge in [-0.25, -0.2) is 9.97 Å². The molecule has 2 amide bonds. The summed E-state index contributed by atoms with van der Waals surface area (Å²) < 4.78 is 0. The summed E-state index contributed by atoms with van der Waals surface area (Å²) in [4.78, 5) is 38.7. The van der Waals surface area contributed by atoms with Gasteiger partial charge in [0, 0.05) is 37.1 Å². The number of nitrogens with two attached hydrogens (primary N) is 1. The minimum Gasteiger partial charge on any atom is -0.383 e. The molecule has 0 saturated carbocycles. The van der Waals surface area contributed by atoms with E-state index < -0.39 is 6.04 Å². The van der Waals surface area contributed by atoms with Gasteiger partial charge in [0.1, 0.15) is 17.7 Å². The van der Waals surface area contributed by atoms with Gasteiger partial charge in [0.05, 0.1) is 12.1 Å². The van der Waals surface area contributed by atoms with Gasteiger partial charge in [0.25, 0.3) is 5.91 Å². The maximum absolute atomic E-state index is 13.0. The van der Waals surface area contributed by atoms with Crippen molar-refractivity contribution in [3.63, 3.8) is 0 Å². The Kier molecular flexibility index (Phi) is 7.03. The van der Waals surface area contributed by atoms with Crippen molar-refractivity contribution in [1.29, 1.82) is 0 Å². The molecule has 1 atom stereocenters. The Balaban J connectivity index is 1.29. The first-order chi connectivity index (χ1) is 16.6.